The van der Waals surface area contributed by atoms with Gasteiger partial charge in [-0.2, -0.15) is 5.26 Å². The van der Waals surface area contributed by atoms with Crippen LogP contribution in [0.5, 0.6) is 0 Å². The minimum atomic E-state index is 0.604. The van der Waals surface area contributed by atoms with E-state index >= 15 is 0 Å². The summed E-state index contributed by atoms with van der Waals surface area (Å²) in [5.41, 5.74) is 3.00. The van der Waals surface area contributed by atoms with Gasteiger partial charge < -0.3 is 5.32 Å². The first kappa shape index (κ1) is 10.9. The molecule has 1 N–H and O–H groups in total. The highest BCUT2D eigenvalue weighted by atomic mass is 79.9. The van der Waals surface area contributed by atoms with Crippen molar-refractivity contribution in [2.75, 3.05) is 6.54 Å². The highest BCUT2D eigenvalue weighted by Gasteiger charge is 2.33. The Labute approximate surface area is 109 Å². The zero-order valence-corrected chi connectivity index (χ0v) is 10.9. The first-order valence-electron chi connectivity index (χ1n) is 5.76. The Morgan fingerprint density at radius 1 is 1.53 bits per heavy atom. The summed E-state index contributed by atoms with van der Waals surface area (Å²) in [6.07, 6.45) is 6.34. The van der Waals surface area contributed by atoms with Gasteiger partial charge >= 0.3 is 0 Å². The zero-order chi connectivity index (χ0) is 11.8. The summed E-state index contributed by atoms with van der Waals surface area (Å²) in [6, 6.07) is 4.70. The van der Waals surface area contributed by atoms with Crippen LogP contribution in [-0.4, -0.2) is 17.6 Å². The van der Waals surface area contributed by atoms with Crippen LogP contribution >= 0.6 is 15.9 Å². The third-order valence-corrected chi connectivity index (χ3v) is 4.28. The van der Waals surface area contributed by atoms with Crippen molar-refractivity contribution in [3.8, 4) is 6.07 Å². The predicted molar refractivity (Wildman–Crippen MR) is 69.1 cm³/mol. The molecule has 1 aliphatic carbocycles. The van der Waals surface area contributed by atoms with Crippen LogP contribution in [-0.2, 0) is 0 Å². The third kappa shape index (κ3) is 1.90. The molecule has 1 saturated heterocycles. The lowest BCUT2D eigenvalue weighted by Gasteiger charge is -2.41. The van der Waals surface area contributed by atoms with E-state index in [1.165, 1.54) is 5.57 Å². The maximum atomic E-state index is 8.99. The lowest BCUT2D eigenvalue weighted by Crippen LogP contribution is -2.53. The van der Waals surface area contributed by atoms with E-state index in [4.69, 9.17) is 5.26 Å². The second-order valence-electron chi connectivity index (χ2n) is 4.62. The monoisotopic (exact) mass is 289 g/mol. The fourth-order valence-corrected chi connectivity index (χ4v) is 2.79. The van der Waals surface area contributed by atoms with Gasteiger partial charge in [0, 0.05) is 18.8 Å². The van der Waals surface area contributed by atoms with Crippen molar-refractivity contribution in [3.63, 3.8) is 0 Å². The molecule has 0 radical (unpaired) electrons. The summed E-state index contributed by atoms with van der Waals surface area (Å²) >= 11 is 3.28. The van der Waals surface area contributed by atoms with E-state index in [0.29, 0.717) is 16.2 Å². The van der Waals surface area contributed by atoms with Crippen molar-refractivity contribution in [3.05, 3.63) is 34.1 Å². The number of aromatic nitrogens is 1. The lowest BCUT2D eigenvalue weighted by molar-refractivity contribution is 0.231. The van der Waals surface area contributed by atoms with Gasteiger partial charge in [-0.15, -0.1) is 0 Å². The molecule has 2 atom stereocenters. The van der Waals surface area contributed by atoms with E-state index in [1.807, 2.05) is 12.3 Å². The summed E-state index contributed by atoms with van der Waals surface area (Å²) in [5, 5.41) is 12.4. The molecule has 0 aromatic carbocycles. The molecule has 0 spiro atoms. The van der Waals surface area contributed by atoms with Crippen molar-refractivity contribution in [1.29, 1.82) is 5.26 Å². The van der Waals surface area contributed by atoms with Gasteiger partial charge in [0.1, 0.15) is 10.7 Å². The summed E-state index contributed by atoms with van der Waals surface area (Å²) in [5.74, 6) is 0.817. The average Bonchev–Trinajstić information content (AvgIpc) is 2.32. The quantitative estimate of drug-likeness (QED) is 0.808. The van der Waals surface area contributed by atoms with Gasteiger partial charge in [-0.3, -0.25) is 0 Å². The normalized spacial score (nSPS) is 26.5. The number of pyridine rings is 1. The summed E-state index contributed by atoms with van der Waals surface area (Å²) in [6.45, 7) is 1.15. The van der Waals surface area contributed by atoms with E-state index < -0.39 is 0 Å². The number of nitrogens with one attached hydrogen (secondary N) is 1. The van der Waals surface area contributed by atoms with E-state index in [0.717, 1.165) is 30.9 Å². The fraction of sp³-hybridized carbons (Fsp3) is 0.385. The van der Waals surface area contributed by atoms with Crippen LogP contribution < -0.4 is 5.32 Å². The second kappa shape index (κ2) is 4.25. The second-order valence-corrected chi connectivity index (χ2v) is 5.37. The van der Waals surface area contributed by atoms with Gasteiger partial charge in [-0.1, -0.05) is 6.08 Å². The number of nitriles is 1. The van der Waals surface area contributed by atoms with E-state index in [-0.39, 0.29) is 0 Å². The van der Waals surface area contributed by atoms with Crippen LogP contribution in [0.2, 0.25) is 0 Å². The van der Waals surface area contributed by atoms with E-state index in [1.54, 1.807) is 0 Å². The fourth-order valence-electron chi connectivity index (χ4n) is 2.49. The molecular formula is C13H12BrN3. The Bertz CT molecular complexity index is 530. The number of fused-ring (bicyclic) bond motifs is 1. The Morgan fingerprint density at radius 2 is 2.41 bits per heavy atom. The Kier molecular flexibility index (Phi) is 2.73. The molecule has 86 valence electrons. The van der Waals surface area contributed by atoms with Crippen molar-refractivity contribution in [1.82, 2.24) is 10.3 Å². The number of allylic oxidation sites excluding steroid dienone is 1. The first-order valence-corrected chi connectivity index (χ1v) is 6.55. The van der Waals surface area contributed by atoms with Crippen molar-refractivity contribution < 1.29 is 0 Å². The minimum Gasteiger partial charge on any atom is -0.313 e. The van der Waals surface area contributed by atoms with Crippen LogP contribution in [0.25, 0.3) is 5.57 Å². The smallest absolute Gasteiger partial charge is 0.123 e. The predicted octanol–water partition coefficient (Wildman–Crippen LogP) is 2.48. The third-order valence-electron chi connectivity index (χ3n) is 3.65. The minimum absolute atomic E-state index is 0.604. The molecule has 2 aliphatic rings. The number of hydrogen-bond donors (Lipinski definition) is 1. The largest absolute Gasteiger partial charge is 0.313 e. The lowest BCUT2D eigenvalue weighted by atomic mass is 9.78. The van der Waals surface area contributed by atoms with Crippen LogP contribution in [0.4, 0.5) is 0 Å². The Balaban J connectivity index is 1.92. The number of halogens is 1. The van der Waals surface area contributed by atoms with Crippen LogP contribution in [0.1, 0.15) is 24.0 Å². The van der Waals surface area contributed by atoms with Crippen molar-refractivity contribution in [2.45, 2.75) is 18.9 Å². The Hall–Kier alpha value is -1.18. The van der Waals surface area contributed by atoms with E-state index in [9.17, 15) is 0 Å². The summed E-state index contributed by atoms with van der Waals surface area (Å²) in [4.78, 5) is 4.22. The van der Waals surface area contributed by atoms with Gasteiger partial charge in [0.05, 0.1) is 5.56 Å². The van der Waals surface area contributed by atoms with E-state index in [2.05, 4.69) is 38.4 Å². The molecule has 1 aromatic heterocycles. The summed E-state index contributed by atoms with van der Waals surface area (Å²) < 4.78 is 0.625. The topological polar surface area (TPSA) is 48.7 Å². The average molecular weight is 290 g/mol. The molecule has 17 heavy (non-hydrogen) atoms. The molecule has 3 rings (SSSR count). The molecule has 3 nitrogen and oxygen atoms in total. The molecule has 0 bridgehead atoms. The van der Waals surface area contributed by atoms with Gasteiger partial charge in [0.25, 0.3) is 0 Å². The standard InChI is InChI=1S/C13H12BrN3/c14-13-10(5-15)3-11(7-17-13)8-1-2-9-6-16-12(9)4-8/h1,3,7,9,12,16H,2,4,6H2. The Morgan fingerprint density at radius 3 is 3.06 bits per heavy atom. The van der Waals surface area contributed by atoms with Crippen molar-refractivity contribution >= 4 is 21.5 Å². The molecule has 2 unspecified atom stereocenters. The van der Waals surface area contributed by atoms with Crippen LogP contribution in [0, 0.1) is 17.2 Å². The van der Waals surface area contributed by atoms with Crippen molar-refractivity contribution in [2.24, 2.45) is 5.92 Å². The number of hydrogen-bond acceptors (Lipinski definition) is 3. The molecule has 1 fully saturated rings. The molecule has 1 aromatic rings. The molecule has 4 heteroatoms. The zero-order valence-electron chi connectivity index (χ0n) is 9.28. The van der Waals surface area contributed by atoms with Gasteiger partial charge in [-0.25, -0.2) is 4.98 Å². The number of rotatable bonds is 1. The SMILES string of the molecule is N#Cc1cc(C2=CCC3CNC3C2)cnc1Br. The molecule has 0 amide bonds. The first-order chi connectivity index (χ1) is 8.28. The highest BCUT2D eigenvalue weighted by Crippen LogP contribution is 2.34. The number of nitrogens with zero attached hydrogens (tertiary/aromatic N) is 2. The molecule has 1 aliphatic heterocycles. The molecule has 2 heterocycles. The molecule has 0 saturated carbocycles. The maximum absolute atomic E-state index is 8.99. The summed E-state index contributed by atoms with van der Waals surface area (Å²) in [7, 11) is 0. The highest BCUT2D eigenvalue weighted by molar-refractivity contribution is 9.10. The van der Waals surface area contributed by atoms with Crippen LogP contribution in [0.3, 0.4) is 0 Å². The maximum Gasteiger partial charge on any atom is 0.123 e. The molecular weight excluding hydrogens is 278 g/mol. The van der Waals surface area contributed by atoms with Crippen LogP contribution in [0.15, 0.2) is 22.9 Å². The van der Waals surface area contributed by atoms with Gasteiger partial charge in [0.2, 0.25) is 0 Å². The van der Waals surface area contributed by atoms with Gasteiger partial charge in [-0.05, 0) is 51.9 Å². The van der Waals surface area contributed by atoms with Gasteiger partial charge in [0.15, 0.2) is 0 Å².